The Hall–Kier alpha value is -3.61. The van der Waals surface area contributed by atoms with Gasteiger partial charge in [0.25, 0.3) is 0 Å². The van der Waals surface area contributed by atoms with Crippen molar-refractivity contribution < 1.29 is 9.84 Å². The summed E-state index contributed by atoms with van der Waals surface area (Å²) in [6.45, 7) is 0.702. The highest BCUT2D eigenvalue weighted by Crippen LogP contribution is 2.24. The van der Waals surface area contributed by atoms with Crippen molar-refractivity contribution >= 4 is 17.0 Å². The zero-order valence-corrected chi connectivity index (χ0v) is 14.8. The molecule has 27 heavy (non-hydrogen) atoms. The second-order valence-electron chi connectivity index (χ2n) is 6.08. The molecule has 0 aliphatic rings. The van der Waals surface area contributed by atoms with Gasteiger partial charge >= 0.3 is 0 Å². The van der Waals surface area contributed by atoms with E-state index in [4.69, 9.17) is 4.74 Å². The van der Waals surface area contributed by atoms with Crippen LogP contribution in [0.3, 0.4) is 0 Å². The Morgan fingerprint density at radius 1 is 1.04 bits per heavy atom. The summed E-state index contributed by atoms with van der Waals surface area (Å²) >= 11 is 0. The van der Waals surface area contributed by atoms with Crippen LogP contribution in [0.4, 0.5) is 5.82 Å². The maximum absolute atomic E-state index is 9.35. The number of phenols is 1. The van der Waals surface area contributed by atoms with Gasteiger partial charge in [-0.3, -0.25) is 0 Å². The van der Waals surface area contributed by atoms with Crippen molar-refractivity contribution in [3.05, 3.63) is 60.4 Å². The smallest absolute Gasteiger partial charge is 0.183 e. The molecule has 0 aliphatic carbocycles. The molecule has 0 aliphatic heterocycles. The molecule has 0 saturated heterocycles. The molecule has 0 radical (unpaired) electrons. The Labute approximate surface area is 156 Å². The number of imidazole rings is 1. The van der Waals surface area contributed by atoms with Gasteiger partial charge in [0.1, 0.15) is 29.2 Å². The van der Waals surface area contributed by atoms with E-state index in [1.165, 1.54) is 6.33 Å². The number of hydrogen-bond donors (Lipinski definition) is 3. The molecule has 0 amide bonds. The topological polar surface area (TPSA) is 96.0 Å². The van der Waals surface area contributed by atoms with Gasteiger partial charge in [0, 0.05) is 12.1 Å². The fourth-order valence-corrected chi connectivity index (χ4v) is 2.84. The van der Waals surface area contributed by atoms with Crippen molar-refractivity contribution in [2.75, 3.05) is 19.0 Å². The summed E-state index contributed by atoms with van der Waals surface area (Å²) in [5, 5.41) is 12.7. The predicted molar refractivity (Wildman–Crippen MR) is 104 cm³/mol. The van der Waals surface area contributed by atoms with Gasteiger partial charge in [0.05, 0.1) is 7.11 Å². The number of aromatic amines is 1. The van der Waals surface area contributed by atoms with E-state index < -0.39 is 0 Å². The first kappa shape index (κ1) is 16.8. The van der Waals surface area contributed by atoms with Gasteiger partial charge in [-0.05, 0) is 48.4 Å². The zero-order chi connectivity index (χ0) is 18.6. The highest BCUT2D eigenvalue weighted by Gasteiger charge is 2.11. The van der Waals surface area contributed by atoms with Crippen LogP contribution in [0.1, 0.15) is 5.56 Å². The maximum atomic E-state index is 9.35. The van der Waals surface area contributed by atoms with Crippen LogP contribution in [0.2, 0.25) is 0 Å². The third kappa shape index (κ3) is 3.67. The van der Waals surface area contributed by atoms with Gasteiger partial charge in [-0.2, -0.15) is 0 Å². The molecule has 0 fully saturated rings. The minimum absolute atomic E-state index is 0.271. The summed E-state index contributed by atoms with van der Waals surface area (Å²) in [4.78, 5) is 16.4. The van der Waals surface area contributed by atoms with Gasteiger partial charge < -0.3 is 20.1 Å². The fourth-order valence-electron chi connectivity index (χ4n) is 2.84. The maximum Gasteiger partial charge on any atom is 0.183 e. The van der Waals surface area contributed by atoms with E-state index in [0.717, 1.165) is 34.6 Å². The third-order valence-corrected chi connectivity index (χ3v) is 4.29. The Bertz CT molecular complexity index is 1040. The second-order valence-corrected chi connectivity index (χ2v) is 6.08. The molecule has 2 aromatic heterocycles. The van der Waals surface area contributed by atoms with Crippen LogP contribution in [-0.2, 0) is 6.42 Å². The molecule has 136 valence electrons. The summed E-state index contributed by atoms with van der Waals surface area (Å²) in [6, 6.07) is 14.9. The minimum atomic E-state index is 0.271. The number of ether oxygens (including phenoxy) is 1. The monoisotopic (exact) mass is 361 g/mol. The van der Waals surface area contributed by atoms with Crippen LogP contribution in [0, 0.1) is 0 Å². The number of anilines is 1. The molecule has 7 heteroatoms. The summed E-state index contributed by atoms with van der Waals surface area (Å²) < 4.78 is 5.19. The molecule has 0 atom stereocenters. The van der Waals surface area contributed by atoms with E-state index in [9.17, 15) is 5.11 Å². The Morgan fingerprint density at radius 3 is 2.56 bits per heavy atom. The number of fused-ring (bicyclic) bond motifs is 1. The number of H-pyrrole nitrogens is 1. The molecule has 7 nitrogen and oxygen atoms in total. The van der Waals surface area contributed by atoms with Gasteiger partial charge in [0.2, 0.25) is 0 Å². The van der Waals surface area contributed by atoms with E-state index in [2.05, 4.69) is 25.3 Å². The molecule has 0 bridgehead atoms. The first-order chi connectivity index (χ1) is 13.2. The summed E-state index contributed by atoms with van der Waals surface area (Å²) in [7, 11) is 1.64. The van der Waals surface area contributed by atoms with Crippen LogP contribution < -0.4 is 10.1 Å². The predicted octanol–water partition coefficient (Wildman–Crippen LogP) is 3.39. The molecule has 0 unspecified atom stereocenters. The molecule has 3 N–H and O–H groups in total. The minimum Gasteiger partial charge on any atom is -0.508 e. The van der Waals surface area contributed by atoms with E-state index in [0.29, 0.717) is 18.0 Å². The molecule has 0 saturated carbocycles. The molecule has 4 rings (SSSR count). The van der Waals surface area contributed by atoms with E-state index in [-0.39, 0.29) is 5.75 Å². The van der Waals surface area contributed by atoms with Crippen LogP contribution >= 0.6 is 0 Å². The number of aromatic nitrogens is 4. The van der Waals surface area contributed by atoms with E-state index >= 15 is 0 Å². The average molecular weight is 361 g/mol. The second kappa shape index (κ2) is 7.33. The third-order valence-electron chi connectivity index (χ3n) is 4.29. The number of methoxy groups -OCH3 is 1. The first-order valence-electron chi connectivity index (χ1n) is 8.60. The zero-order valence-electron chi connectivity index (χ0n) is 14.8. The van der Waals surface area contributed by atoms with Gasteiger partial charge in [-0.1, -0.05) is 12.1 Å². The molecule has 4 aromatic rings. The van der Waals surface area contributed by atoms with Crippen molar-refractivity contribution in [3.8, 4) is 22.9 Å². The number of benzene rings is 2. The average Bonchev–Trinajstić information content (AvgIpc) is 3.15. The van der Waals surface area contributed by atoms with E-state index in [1.807, 2.05) is 36.4 Å². The van der Waals surface area contributed by atoms with Gasteiger partial charge in [-0.25, -0.2) is 15.0 Å². The first-order valence-corrected chi connectivity index (χ1v) is 8.60. The normalized spacial score (nSPS) is 10.9. The summed E-state index contributed by atoms with van der Waals surface area (Å²) in [6.07, 6.45) is 2.31. The lowest BCUT2D eigenvalue weighted by Gasteiger charge is -2.06. The van der Waals surface area contributed by atoms with Crippen LogP contribution in [-0.4, -0.2) is 38.7 Å². The van der Waals surface area contributed by atoms with Crippen molar-refractivity contribution in [1.82, 2.24) is 19.9 Å². The Balaban J connectivity index is 1.52. The highest BCUT2D eigenvalue weighted by atomic mass is 16.5. The van der Waals surface area contributed by atoms with Crippen LogP contribution in [0.25, 0.3) is 22.6 Å². The molecular formula is C20H19N5O2. The van der Waals surface area contributed by atoms with Crippen molar-refractivity contribution in [3.63, 3.8) is 0 Å². The number of hydrogen-bond acceptors (Lipinski definition) is 6. The van der Waals surface area contributed by atoms with Gasteiger partial charge in [-0.15, -0.1) is 0 Å². The number of phenolic OH excluding ortho intramolecular Hbond substituents is 1. The van der Waals surface area contributed by atoms with Crippen molar-refractivity contribution in [2.45, 2.75) is 6.42 Å². The molecule has 2 aromatic carbocycles. The SMILES string of the molecule is COc1ccc(-c2nc3ncnc(NCCc4ccc(O)cc4)c3[nH]2)cc1. The van der Waals surface area contributed by atoms with Crippen LogP contribution in [0.15, 0.2) is 54.9 Å². The number of nitrogens with zero attached hydrogens (tertiary/aromatic N) is 3. The largest absolute Gasteiger partial charge is 0.508 e. The molecular weight excluding hydrogens is 342 g/mol. The number of aromatic hydroxyl groups is 1. The fraction of sp³-hybridized carbons (Fsp3) is 0.150. The highest BCUT2D eigenvalue weighted by molar-refractivity contribution is 5.85. The van der Waals surface area contributed by atoms with Gasteiger partial charge in [0.15, 0.2) is 11.5 Å². The lowest BCUT2D eigenvalue weighted by Crippen LogP contribution is -2.07. The van der Waals surface area contributed by atoms with Crippen LogP contribution in [0.5, 0.6) is 11.5 Å². The summed E-state index contributed by atoms with van der Waals surface area (Å²) in [5.41, 5.74) is 3.47. The Kier molecular flexibility index (Phi) is 4.57. The van der Waals surface area contributed by atoms with Crippen molar-refractivity contribution in [1.29, 1.82) is 0 Å². The summed E-state index contributed by atoms with van der Waals surface area (Å²) in [5.74, 6) is 2.51. The van der Waals surface area contributed by atoms with E-state index in [1.54, 1.807) is 19.2 Å². The Morgan fingerprint density at radius 2 is 1.81 bits per heavy atom. The lowest BCUT2D eigenvalue weighted by molar-refractivity contribution is 0.415. The number of rotatable bonds is 6. The quantitative estimate of drug-likeness (QED) is 0.487. The molecule has 2 heterocycles. The van der Waals surface area contributed by atoms with Crippen molar-refractivity contribution in [2.24, 2.45) is 0 Å². The standard InChI is InChI=1S/C20H19N5O2/c1-27-16-8-4-14(5-9-16)18-24-17-19(22-12-23-20(17)25-18)21-11-10-13-2-6-15(26)7-3-13/h2-9,12,26H,10-11H2,1H3,(H2,21,22,23,24,25). The lowest BCUT2D eigenvalue weighted by atomic mass is 10.1. The number of nitrogens with one attached hydrogen (secondary N) is 2. The molecule has 0 spiro atoms.